The number of phenolic OH excluding ortho intramolecular Hbond substituents is 1. The van der Waals surface area contributed by atoms with Crippen molar-refractivity contribution in [2.24, 2.45) is 0 Å². The van der Waals surface area contributed by atoms with E-state index in [0.29, 0.717) is 18.8 Å². The number of hydrogen-bond donors (Lipinski definition) is 2. The fourth-order valence-corrected chi connectivity index (χ4v) is 2.22. The van der Waals surface area contributed by atoms with Gasteiger partial charge < -0.3 is 15.2 Å². The van der Waals surface area contributed by atoms with Crippen LogP contribution in [0.15, 0.2) is 12.1 Å². The Bertz CT molecular complexity index is 492. The molecule has 0 aromatic heterocycles. The van der Waals surface area contributed by atoms with E-state index >= 15 is 0 Å². The highest BCUT2D eigenvalue weighted by atomic mass is 35.5. The van der Waals surface area contributed by atoms with E-state index in [4.69, 9.17) is 16.3 Å². The fraction of sp³-hybridized carbons (Fsp3) is 0.533. The predicted octanol–water partition coefficient (Wildman–Crippen LogP) is 2.40. The van der Waals surface area contributed by atoms with E-state index in [0.717, 1.165) is 12.1 Å². The molecule has 0 bridgehead atoms. The molecule has 118 valence electrons. The number of carbonyl (C=O) groups is 1. The number of rotatable bonds is 7. The van der Waals surface area contributed by atoms with Crippen LogP contribution in [0.3, 0.4) is 0 Å². The first kappa shape index (κ1) is 17.6. The van der Waals surface area contributed by atoms with Crippen LogP contribution in [0.25, 0.3) is 0 Å². The maximum atomic E-state index is 11.8. The molecule has 0 aliphatic carbocycles. The van der Waals surface area contributed by atoms with E-state index in [9.17, 15) is 9.90 Å². The molecule has 0 radical (unpaired) electrons. The SMILES string of the molecule is CCN(CC(=O)NC(C)C)Cc1cc(Cl)c(O)c(OC)c1. The molecule has 0 heterocycles. The molecule has 0 saturated heterocycles. The number of ether oxygens (including phenoxy) is 1. The molecule has 21 heavy (non-hydrogen) atoms. The minimum Gasteiger partial charge on any atom is -0.503 e. The van der Waals surface area contributed by atoms with Gasteiger partial charge in [0.1, 0.15) is 0 Å². The van der Waals surface area contributed by atoms with Gasteiger partial charge in [-0.15, -0.1) is 0 Å². The first-order chi connectivity index (χ1) is 9.87. The Labute approximate surface area is 130 Å². The number of hydrogen-bond acceptors (Lipinski definition) is 4. The summed E-state index contributed by atoms with van der Waals surface area (Å²) in [4.78, 5) is 13.8. The first-order valence-corrected chi connectivity index (χ1v) is 7.32. The van der Waals surface area contributed by atoms with Crippen molar-refractivity contribution in [1.82, 2.24) is 10.2 Å². The number of benzene rings is 1. The zero-order chi connectivity index (χ0) is 16.0. The summed E-state index contributed by atoms with van der Waals surface area (Å²) in [5.74, 6) is 0.257. The third-order valence-corrected chi connectivity index (χ3v) is 3.27. The lowest BCUT2D eigenvalue weighted by Crippen LogP contribution is -2.39. The predicted molar refractivity (Wildman–Crippen MR) is 83.9 cm³/mol. The van der Waals surface area contributed by atoms with Gasteiger partial charge in [0.2, 0.25) is 5.91 Å². The van der Waals surface area contributed by atoms with Crippen LogP contribution in [-0.2, 0) is 11.3 Å². The molecule has 5 nitrogen and oxygen atoms in total. The molecule has 1 aromatic carbocycles. The standard InChI is InChI=1S/C15H23ClN2O3/c1-5-18(9-14(19)17-10(2)3)8-11-6-12(16)15(20)13(7-11)21-4/h6-7,10,20H,5,8-9H2,1-4H3,(H,17,19). The number of nitrogens with one attached hydrogen (secondary N) is 1. The number of methoxy groups -OCH3 is 1. The molecule has 6 heteroatoms. The highest BCUT2D eigenvalue weighted by Crippen LogP contribution is 2.35. The molecule has 1 amide bonds. The Morgan fingerprint density at radius 3 is 2.67 bits per heavy atom. The maximum absolute atomic E-state index is 11.8. The Morgan fingerprint density at radius 2 is 2.14 bits per heavy atom. The molecule has 0 unspecified atom stereocenters. The zero-order valence-electron chi connectivity index (χ0n) is 12.9. The second-order valence-corrected chi connectivity index (χ2v) is 5.56. The average molecular weight is 315 g/mol. The van der Waals surface area contributed by atoms with Crippen molar-refractivity contribution in [3.8, 4) is 11.5 Å². The minimum absolute atomic E-state index is 0.0105. The topological polar surface area (TPSA) is 61.8 Å². The van der Waals surface area contributed by atoms with Gasteiger partial charge in [-0.25, -0.2) is 0 Å². The van der Waals surface area contributed by atoms with Crippen LogP contribution in [0.2, 0.25) is 5.02 Å². The van der Waals surface area contributed by atoms with Crippen LogP contribution < -0.4 is 10.1 Å². The molecular formula is C15H23ClN2O3. The van der Waals surface area contributed by atoms with Crippen molar-refractivity contribution in [2.45, 2.75) is 33.4 Å². The van der Waals surface area contributed by atoms with E-state index in [1.807, 2.05) is 25.7 Å². The van der Waals surface area contributed by atoms with Crippen molar-refractivity contribution in [2.75, 3.05) is 20.2 Å². The van der Waals surface area contributed by atoms with Crippen LogP contribution >= 0.6 is 11.6 Å². The summed E-state index contributed by atoms with van der Waals surface area (Å²) in [7, 11) is 1.48. The highest BCUT2D eigenvalue weighted by Gasteiger charge is 2.14. The number of likely N-dealkylation sites (N-methyl/N-ethyl adjacent to an activating group) is 1. The second kappa shape index (κ2) is 8.10. The van der Waals surface area contributed by atoms with Crippen LogP contribution in [0.1, 0.15) is 26.3 Å². The van der Waals surface area contributed by atoms with Crippen LogP contribution in [-0.4, -0.2) is 42.2 Å². The van der Waals surface area contributed by atoms with E-state index in [-0.39, 0.29) is 22.7 Å². The molecule has 2 N–H and O–H groups in total. The smallest absolute Gasteiger partial charge is 0.234 e. The number of carbonyl (C=O) groups excluding carboxylic acids is 1. The summed E-state index contributed by atoms with van der Waals surface area (Å²) in [6.45, 7) is 7.44. The Balaban J connectivity index is 2.77. The normalized spacial score (nSPS) is 11.0. The van der Waals surface area contributed by atoms with Gasteiger partial charge in [-0.3, -0.25) is 9.69 Å². The number of aromatic hydroxyl groups is 1. The quantitative estimate of drug-likeness (QED) is 0.811. The van der Waals surface area contributed by atoms with Crippen LogP contribution in [0, 0.1) is 0 Å². The Hall–Kier alpha value is -1.46. The van der Waals surface area contributed by atoms with E-state index in [1.54, 1.807) is 12.1 Å². The average Bonchev–Trinajstić information content (AvgIpc) is 2.40. The molecule has 0 aliphatic rings. The lowest BCUT2D eigenvalue weighted by molar-refractivity contribution is -0.122. The monoisotopic (exact) mass is 314 g/mol. The fourth-order valence-electron chi connectivity index (χ4n) is 1.98. The summed E-state index contributed by atoms with van der Waals surface area (Å²) in [6, 6.07) is 3.53. The summed E-state index contributed by atoms with van der Waals surface area (Å²) in [6.07, 6.45) is 0. The molecule has 1 rings (SSSR count). The summed E-state index contributed by atoms with van der Waals surface area (Å²) >= 11 is 5.97. The molecule has 0 fully saturated rings. The third kappa shape index (κ3) is 5.44. The number of amides is 1. The Kier molecular flexibility index (Phi) is 6.78. The summed E-state index contributed by atoms with van der Waals surface area (Å²) in [5.41, 5.74) is 0.883. The van der Waals surface area contributed by atoms with E-state index < -0.39 is 0 Å². The molecule has 0 spiro atoms. The second-order valence-electron chi connectivity index (χ2n) is 5.15. The van der Waals surface area contributed by atoms with Crippen molar-refractivity contribution >= 4 is 17.5 Å². The molecular weight excluding hydrogens is 292 g/mol. The van der Waals surface area contributed by atoms with Crippen molar-refractivity contribution in [1.29, 1.82) is 0 Å². The van der Waals surface area contributed by atoms with Crippen LogP contribution in [0.5, 0.6) is 11.5 Å². The number of halogens is 1. The van der Waals surface area contributed by atoms with Gasteiger partial charge in [-0.1, -0.05) is 18.5 Å². The van der Waals surface area contributed by atoms with Crippen LogP contribution in [0.4, 0.5) is 0 Å². The lowest BCUT2D eigenvalue weighted by atomic mass is 10.2. The van der Waals surface area contributed by atoms with E-state index in [1.165, 1.54) is 7.11 Å². The van der Waals surface area contributed by atoms with E-state index in [2.05, 4.69) is 5.32 Å². The van der Waals surface area contributed by atoms with Gasteiger partial charge in [0.05, 0.1) is 18.7 Å². The Morgan fingerprint density at radius 1 is 1.48 bits per heavy atom. The van der Waals surface area contributed by atoms with Crippen molar-refractivity contribution in [3.63, 3.8) is 0 Å². The van der Waals surface area contributed by atoms with Gasteiger partial charge in [-0.05, 0) is 38.1 Å². The highest BCUT2D eigenvalue weighted by molar-refractivity contribution is 6.32. The first-order valence-electron chi connectivity index (χ1n) is 6.94. The third-order valence-electron chi connectivity index (χ3n) is 2.98. The molecule has 0 saturated carbocycles. The summed E-state index contributed by atoms with van der Waals surface area (Å²) < 4.78 is 5.08. The van der Waals surface area contributed by atoms with Gasteiger partial charge in [0.15, 0.2) is 11.5 Å². The van der Waals surface area contributed by atoms with Crippen molar-refractivity contribution < 1.29 is 14.6 Å². The molecule has 0 aliphatic heterocycles. The van der Waals surface area contributed by atoms with Gasteiger partial charge in [0.25, 0.3) is 0 Å². The summed E-state index contributed by atoms with van der Waals surface area (Å²) in [5, 5.41) is 12.8. The van der Waals surface area contributed by atoms with Gasteiger partial charge in [0, 0.05) is 12.6 Å². The van der Waals surface area contributed by atoms with Gasteiger partial charge in [-0.2, -0.15) is 0 Å². The maximum Gasteiger partial charge on any atom is 0.234 e. The molecule has 0 atom stereocenters. The lowest BCUT2D eigenvalue weighted by Gasteiger charge is -2.21. The van der Waals surface area contributed by atoms with Crippen molar-refractivity contribution in [3.05, 3.63) is 22.7 Å². The minimum atomic E-state index is -0.0662. The van der Waals surface area contributed by atoms with Gasteiger partial charge >= 0.3 is 0 Å². The largest absolute Gasteiger partial charge is 0.503 e. The number of nitrogens with zero attached hydrogens (tertiary/aromatic N) is 1. The number of phenols is 1. The molecule has 1 aromatic rings. The zero-order valence-corrected chi connectivity index (χ0v) is 13.7.